The number of aldehydes is 1. The fourth-order valence-electron chi connectivity index (χ4n) is 3.80. The van der Waals surface area contributed by atoms with Crippen LogP contribution in [0.1, 0.15) is 17.0 Å². The standard InChI is InChI=1S/C19H15F3N4O2/c1-25-10-14(12-5-4-6-13(9-12)19(20,21)22)18(11-27,17(25)28)26-16-8-3-2-7-15(16)23-24-26/h2-9,11,14H,10H2,1H3. The summed E-state index contributed by atoms with van der Waals surface area (Å²) in [6, 6.07) is 11.5. The molecule has 6 nitrogen and oxygen atoms in total. The first-order valence-electron chi connectivity index (χ1n) is 8.49. The second-order valence-electron chi connectivity index (χ2n) is 6.79. The molecule has 0 N–H and O–H groups in total. The number of para-hydroxylation sites is 1. The number of benzene rings is 2. The molecule has 2 aromatic carbocycles. The highest BCUT2D eigenvalue weighted by atomic mass is 19.4. The lowest BCUT2D eigenvalue weighted by Gasteiger charge is -2.28. The van der Waals surface area contributed by atoms with Gasteiger partial charge in [0.15, 0.2) is 6.29 Å². The normalized spacial score (nSPS) is 22.8. The Kier molecular flexibility index (Phi) is 3.99. The maximum Gasteiger partial charge on any atom is 0.416 e. The van der Waals surface area contributed by atoms with E-state index in [9.17, 15) is 22.8 Å². The van der Waals surface area contributed by atoms with Crippen molar-refractivity contribution in [2.45, 2.75) is 17.6 Å². The zero-order valence-electron chi connectivity index (χ0n) is 14.7. The van der Waals surface area contributed by atoms with E-state index in [1.54, 1.807) is 24.3 Å². The summed E-state index contributed by atoms with van der Waals surface area (Å²) in [4.78, 5) is 26.7. The Hall–Kier alpha value is -3.23. The van der Waals surface area contributed by atoms with Gasteiger partial charge in [-0.25, -0.2) is 4.68 Å². The molecular weight excluding hydrogens is 373 g/mol. The van der Waals surface area contributed by atoms with Gasteiger partial charge in [0.2, 0.25) is 5.54 Å². The van der Waals surface area contributed by atoms with Gasteiger partial charge in [0.25, 0.3) is 5.91 Å². The molecule has 3 aromatic rings. The van der Waals surface area contributed by atoms with Crippen LogP contribution in [0.5, 0.6) is 0 Å². The number of nitrogens with zero attached hydrogens (tertiary/aromatic N) is 4. The summed E-state index contributed by atoms with van der Waals surface area (Å²) in [6.45, 7) is 0.0765. The van der Waals surface area contributed by atoms with Crippen LogP contribution in [0, 0.1) is 0 Å². The SMILES string of the molecule is CN1CC(c2cccc(C(F)(F)F)c2)C(C=O)(n2nnc3ccccc32)C1=O. The van der Waals surface area contributed by atoms with Gasteiger partial charge in [-0.2, -0.15) is 13.2 Å². The Morgan fingerprint density at radius 3 is 2.64 bits per heavy atom. The molecule has 1 aromatic heterocycles. The van der Waals surface area contributed by atoms with Crippen LogP contribution in [0.4, 0.5) is 13.2 Å². The predicted molar refractivity (Wildman–Crippen MR) is 93.4 cm³/mol. The van der Waals surface area contributed by atoms with Crippen LogP contribution in [-0.2, 0) is 21.3 Å². The van der Waals surface area contributed by atoms with Crippen molar-refractivity contribution in [2.24, 2.45) is 0 Å². The monoisotopic (exact) mass is 388 g/mol. The summed E-state index contributed by atoms with van der Waals surface area (Å²) in [7, 11) is 1.51. The zero-order valence-corrected chi connectivity index (χ0v) is 14.7. The molecule has 2 unspecified atom stereocenters. The first-order chi connectivity index (χ1) is 13.3. The van der Waals surface area contributed by atoms with E-state index in [4.69, 9.17) is 0 Å². The number of hydrogen-bond donors (Lipinski definition) is 0. The van der Waals surface area contributed by atoms with E-state index in [1.165, 1.54) is 28.8 Å². The van der Waals surface area contributed by atoms with Crippen LogP contribution >= 0.6 is 0 Å². The van der Waals surface area contributed by atoms with E-state index < -0.39 is 29.1 Å². The second kappa shape index (κ2) is 6.15. The van der Waals surface area contributed by atoms with Gasteiger partial charge in [-0.05, 0) is 23.8 Å². The molecule has 0 spiro atoms. The Morgan fingerprint density at radius 1 is 1.18 bits per heavy atom. The van der Waals surface area contributed by atoms with Crippen LogP contribution in [0.25, 0.3) is 11.0 Å². The highest BCUT2D eigenvalue weighted by molar-refractivity contribution is 6.03. The third kappa shape index (κ3) is 2.49. The highest BCUT2D eigenvalue weighted by Gasteiger charge is 2.57. The Bertz CT molecular complexity index is 1080. The Balaban J connectivity index is 1.94. The van der Waals surface area contributed by atoms with Gasteiger partial charge in [0.05, 0.1) is 11.1 Å². The molecule has 1 amide bonds. The van der Waals surface area contributed by atoms with Gasteiger partial charge in [-0.3, -0.25) is 4.79 Å². The number of fused-ring (bicyclic) bond motifs is 1. The highest BCUT2D eigenvalue weighted by Crippen LogP contribution is 2.43. The van der Waals surface area contributed by atoms with E-state index >= 15 is 0 Å². The number of carbonyl (C=O) groups excluding carboxylic acids is 2. The molecule has 0 bridgehead atoms. The molecular formula is C19H15F3N4O2. The summed E-state index contributed by atoms with van der Waals surface area (Å²) in [6.07, 6.45) is -4.07. The van der Waals surface area contributed by atoms with Gasteiger partial charge in [-0.15, -0.1) is 5.10 Å². The molecule has 0 aliphatic carbocycles. The van der Waals surface area contributed by atoms with Crippen LogP contribution in [-0.4, -0.2) is 45.7 Å². The summed E-state index contributed by atoms with van der Waals surface area (Å²) >= 11 is 0. The fourth-order valence-corrected chi connectivity index (χ4v) is 3.80. The third-order valence-corrected chi connectivity index (χ3v) is 5.18. The van der Waals surface area contributed by atoms with E-state index in [0.717, 1.165) is 12.1 Å². The van der Waals surface area contributed by atoms with Crippen LogP contribution in [0.15, 0.2) is 48.5 Å². The minimum Gasteiger partial charge on any atom is -0.342 e. The maximum absolute atomic E-state index is 13.2. The average Bonchev–Trinajstić information content (AvgIpc) is 3.21. The molecule has 0 radical (unpaired) electrons. The number of aromatic nitrogens is 3. The van der Waals surface area contributed by atoms with Crippen molar-refractivity contribution in [3.8, 4) is 0 Å². The summed E-state index contributed by atoms with van der Waals surface area (Å²) in [5.74, 6) is -1.39. The van der Waals surface area contributed by atoms with E-state index in [2.05, 4.69) is 10.3 Å². The third-order valence-electron chi connectivity index (χ3n) is 5.18. The Morgan fingerprint density at radius 2 is 1.93 bits per heavy atom. The molecule has 0 saturated carbocycles. The van der Waals surface area contributed by atoms with Crippen LogP contribution in [0.3, 0.4) is 0 Å². The minimum absolute atomic E-state index is 0.0765. The largest absolute Gasteiger partial charge is 0.416 e. The number of likely N-dealkylation sites (N-methyl/N-ethyl adjacent to an activating group) is 1. The molecule has 2 atom stereocenters. The average molecular weight is 388 g/mol. The van der Waals surface area contributed by atoms with Gasteiger partial charge in [0.1, 0.15) is 5.52 Å². The lowest BCUT2D eigenvalue weighted by molar-refractivity contribution is -0.138. The number of rotatable bonds is 3. The predicted octanol–water partition coefficient (Wildman–Crippen LogP) is 2.60. The molecule has 144 valence electrons. The lowest BCUT2D eigenvalue weighted by Crippen LogP contribution is -2.47. The molecule has 4 rings (SSSR count). The molecule has 2 heterocycles. The molecule has 9 heteroatoms. The quantitative estimate of drug-likeness (QED) is 0.511. The first kappa shape index (κ1) is 18.1. The molecule has 28 heavy (non-hydrogen) atoms. The minimum atomic E-state index is -4.53. The molecule has 1 aliphatic rings. The number of alkyl halides is 3. The van der Waals surface area contributed by atoms with Gasteiger partial charge < -0.3 is 9.69 Å². The first-order valence-corrected chi connectivity index (χ1v) is 8.49. The van der Waals surface area contributed by atoms with Crippen molar-refractivity contribution < 1.29 is 22.8 Å². The number of likely N-dealkylation sites (tertiary alicyclic amines) is 1. The van der Waals surface area contributed by atoms with Gasteiger partial charge in [0, 0.05) is 19.5 Å². The Labute approximate surface area is 157 Å². The number of carbonyl (C=O) groups is 2. The zero-order chi connectivity index (χ0) is 20.1. The maximum atomic E-state index is 13.2. The number of amides is 1. The summed E-state index contributed by atoms with van der Waals surface area (Å²) in [5.41, 5.74) is -1.48. The molecule has 1 aliphatic heterocycles. The van der Waals surface area contributed by atoms with Gasteiger partial charge >= 0.3 is 6.18 Å². The number of hydrogen-bond acceptors (Lipinski definition) is 4. The van der Waals surface area contributed by atoms with E-state index in [0.29, 0.717) is 17.3 Å². The van der Waals surface area contributed by atoms with E-state index in [1.807, 2.05) is 0 Å². The topological polar surface area (TPSA) is 68.1 Å². The second-order valence-corrected chi connectivity index (χ2v) is 6.79. The van der Waals surface area contributed by atoms with Crippen molar-refractivity contribution in [1.82, 2.24) is 19.9 Å². The summed E-state index contributed by atoms with van der Waals surface area (Å²) < 4.78 is 40.8. The molecule has 1 saturated heterocycles. The van der Waals surface area contributed by atoms with Gasteiger partial charge in [-0.1, -0.05) is 35.5 Å². The van der Waals surface area contributed by atoms with Crippen LogP contribution in [0.2, 0.25) is 0 Å². The van der Waals surface area contributed by atoms with Crippen molar-refractivity contribution in [2.75, 3.05) is 13.6 Å². The van der Waals surface area contributed by atoms with Crippen molar-refractivity contribution >= 4 is 23.2 Å². The van der Waals surface area contributed by atoms with E-state index in [-0.39, 0.29) is 12.1 Å². The molecule has 1 fully saturated rings. The van der Waals surface area contributed by atoms with Crippen molar-refractivity contribution in [3.05, 3.63) is 59.7 Å². The number of halogens is 3. The smallest absolute Gasteiger partial charge is 0.342 e. The summed E-state index contributed by atoms with van der Waals surface area (Å²) in [5, 5.41) is 8.02. The van der Waals surface area contributed by atoms with Crippen molar-refractivity contribution in [3.63, 3.8) is 0 Å². The van der Waals surface area contributed by atoms with Crippen LogP contribution < -0.4 is 0 Å². The van der Waals surface area contributed by atoms with Crippen molar-refractivity contribution in [1.29, 1.82) is 0 Å². The fraction of sp³-hybridized carbons (Fsp3) is 0.263. The lowest BCUT2D eigenvalue weighted by atomic mass is 9.82.